The van der Waals surface area contributed by atoms with Crippen LogP contribution in [-0.4, -0.2) is 30.8 Å². The first-order chi connectivity index (χ1) is 10.4. The van der Waals surface area contributed by atoms with Crippen LogP contribution in [0.3, 0.4) is 0 Å². The number of carbonyl (C=O) groups is 1. The number of fused-ring (bicyclic) bond motifs is 1. The maximum Gasteiger partial charge on any atom is 0.416 e. The van der Waals surface area contributed by atoms with E-state index in [1.165, 1.54) is 6.07 Å². The molecule has 0 aromatic heterocycles. The fourth-order valence-electron chi connectivity index (χ4n) is 2.87. The van der Waals surface area contributed by atoms with Crippen molar-refractivity contribution in [3.63, 3.8) is 0 Å². The van der Waals surface area contributed by atoms with Crippen LogP contribution in [0.1, 0.15) is 23.6 Å². The summed E-state index contributed by atoms with van der Waals surface area (Å²) >= 11 is 0. The van der Waals surface area contributed by atoms with Crippen molar-refractivity contribution in [3.8, 4) is 11.5 Å². The van der Waals surface area contributed by atoms with Crippen molar-refractivity contribution in [2.45, 2.75) is 18.6 Å². The van der Waals surface area contributed by atoms with Gasteiger partial charge in [-0.3, -0.25) is 4.79 Å². The maximum absolute atomic E-state index is 13.3. The van der Waals surface area contributed by atoms with E-state index < -0.39 is 29.7 Å². The summed E-state index contributed by atoms with van der Waals surface area (Å²) in [5.74, 6) is -1.42. The fraction of sp³-hybridized carbons (Fsp3) is 0.500. The molecule has 1 saturated heterocycles. The number of aliphatic carboxylic acids is 1. The highest BCUT2D eigenvalue weighted by Gasteiger charge is 2.41. The van der Waals surface area contributed by atoms with Crippen LogP contribution in [0.25, 0.3) is 0 Å². The van der Waals surface area contributed by atoms with Crippen LogP contribution < -0.4 is 14.8 Å². The van der Waals surface area contributed by atoms with Gasteiger partial charge in [0, 0.05) is 18.2 Å². The smallest absolute Gasteiger partial charge is 0.416 e. The lowest BCUT2D eigenvalue weighted by Crippen LogP contribution is -2.23. The Morgan fingerprint density at radius 3 is 2.64 bits per heavy atom. The second-order valence-electron chi connectivity index (χ2n) is 5.28. The normalized spacial score (nSPS) is 24.3. The number of ether oxygens (including phenoxy) is 2. The lowest BCUT2D eigenvalue weighted by Gasteiger charge is -2.26. The monoisotopic (exact) mass is 317 g/mol. The zero-order chi connectivity index (χ0) is 15.9. The summed E-state index contributed by atoms with van der Waals surface area (Å²) in [7, 11) is 0. The van der Waals surface area contributed by atoms with Gasteiger partial charge in [0.05, 0.1) is 11.5 Å². The van der Waals surface area contributed by atoms with Crippen LogP contribution in [0.2, 0.25) is 0 Å². The van der Waals surface area contributed by atoms with Crippen molar-refractivity contribution in [3.05, 3.63) is 23.3 Å². The van der Waals surface area contributed by atoms with Crippen molar-refractivity contribution < 1.29 is 32.5 Å². The minimum absolute atomic E-state index is 0.0598. The predicted molar refractivity (Wildman–Crippen MR) is 68.9 cm³/mol. The molecular formula is C14H14F3NO4. The van der Waals surface area contributed by atoms with Gasteiger partial charge in [-0.25, -0.2) is 0 Å². The van der Waals surface area contributed by atoms with Crippen molar-refractivity contribution in [1.82, 2.24) is 5.32 Å². The van der Waals surface area contributed by atoms with Crippen LogP contribution in [0.4, 0.5) is 13.2 Å². The number of nitrogens with one attached hydrogen (secondary N) is 1. The van der Waals surface area contributed by atoms with Gasteiger partial charge >= 0.3 is 12.1 Å². The zero-order valence-electron chi connectivity index (χ0n) is 11.4. The first kappa shape index (κ1) is 15.0. The molecule has 2 heterocycles. The fourth-order valence-corrected chi connectivity index (χ4v) is 2.87. The van der Waals surface area contributed by atoms with Gasteiger partial charge in [-0.2, -0.15) is 13.2 Å². The first-order valence-corrected chi connectivity index (χ1v) is 6.84. The summed E-state index contributed by atoms with van der Waals surface area (Å²) in [6, 6.07) is 1.47. The van der Waals surface area contributed by atoms with Gasteiger partial charge in [0.25, 0.3) is 0 Å². The summed E-state index contributed by atoms with van der Waals surface area (Å²) in [4.78, 5) is 11.0. The Hall–Kier alpha value is -1.96. The molecule has 2 aliphatic heterocycles. The van der Waals surface area contributed by atoms with Crippen LogP contribution in [0, 0.1) is 5.92 Å². The van der Waals surface area contributed by atoms with Gasteiger partial charge in [0.1, 0.15) is 13.2 Å². The predicted octanol–water partition coefficient (Wildman–Crippen LogP) is 2.21. The van der Waals surface area contributed by atoms with Crippen molar-refractivity contribution in [1.29, 1.82) is 0 Å². The van der Waals surface area contributed by atoms with E-state index in [1.54, 1.807) is 0 Å². The third-order valence-corrected chi connectivity index (χ3v) is 3.88. The Labute approximate surface area is 124 Å². The molecule has 8 heteroatoms. The second-order valence-corrected chi connectivity index (χ2v) is 5.28. The zero-order valence-corrected chi connectivity index (χ0v) is 11.4. The molecule has 22 heavy (non-hydrogen) atoms. The molecule has 1 aromatic rings. The summed E-state index contributed by atoms with van der Waals surface area (Å²) in [5, 5.41) is 11.9. The number of halogens is 3. The third kappa shape index (κ3) is 2.58. The molecule has 2 atom stereocenters. The van der Waals surface area contributed by atoms with Crippen LogP contribution in [-0.2, 0) is 11.0 Å². The Morgan fingerprint density at radius 2 is 2.00 bits per heavy atom. The SMILES string of the molecule is O=C(O)C1CNC(c2c(C(F)(F)F)ccc3c2OCCO3)C1. The minimum atomic E-state index is -4.55. The Kier molecular flexibility index (Phi) is 3.64. The Balaban J connectivity index is 2.06. The van der Waals surface area contributed by atoms with Gasteiger partial charge in [0.2, 0.25) is 0 Å². The average molecular weight is 317 g/mol. The van der Waals surface area contributed by atoms with Crippen LogP contribution in [0.5, 0.6) is 11.5 Å². The molecule has 3 rings (SSSR count). The van der Waals surface area contributed by atoms with E-state index in [9.17, 15) is 18.0 Å². The van der Waals surface area contributed by atoms with Gasteiger partial charge in [-0.15, -0.1) is 0 Å². The number of rotatable bonds is 2. The van der Waals surface area contributed by atoms with Gasteiger partial charge in [-0.1, -0.05) is 0 Å². The van der Waals surface area contributed by atoms with E-state index in [1.807, 2.05) is 0 Å². The molecule has 0 saturated carbocycles. The van der Waals surface area contributed by atoms with Gasteiger partial charge in [-0.05, 0) is 18.6 Å². The molecule has 2 aliphatic rings. The van der Waals surface area contributed by atoms with E-state index in [2.05, 4.69) is 5.32 Å². The molecule has 0 amide bonds. The highest BCUT2D eigenvalue weighted by Crippen LogP contribution is 2.47. The summed E-state index contributed by atoms with van der Waals surface area (Å²) in [5.41, 5.74) is -0.881. The lowest BCUT2D eigenvalue weighted by atomic mass is 9.94. The van der Waals surface area contributed by atoms with Crippen LogP contribution >= 0.6 is 0 Å². The molecule has 120 valence electrons. The molecule has 1 aromatic carbocycles. The quantitative estimate of drug-likeness (QED) is 0.875. The van der Waals surface area contributed by atoms with E-state index in [-0.39, 0.29) is 43.2 Å². The van der Waals surface area contributed by atoms with Crippen LogP contribution in [0.15, 0.2) is 12.1 Å². The number of hydrogen-bond acceptors (Lipinski definition) is 4. The van der Waals surface area contributed by atoms with E-state index in [0.29, 0.717) is 0 Å². The van der Waals surface area contributed by atoms with E-state index >= 15 is 0 Å². The molecule has 1 fully saturated rings. The number of carboxylic acid groups (broad SMARTS) is 1. The summed E-state index contributed by atoms with van der Waals surface area (Å²) in [6.07, 6.45) is -4.47. The highest BCUT2D eigenvalue weighted by molar-refractivity contribution is 5.71. The summed E-state index contributed by atoms with van der Waals surface area (Å²) < 4.78 is 50.6. The Morgan fingerprint density at radius 1 is 1.27 bits per heavy atom. The Bertz CT molecular complexity index is 602. The van der Waals surface area contributed by atoms with Gasteiger partial charge < -0.3 is 19.9 Å². The maximum atomic E-state index is 13.3. The number of benzene rings is 1. The average Bonchev–Trinajstić information content (AvgIpc) is 2.94. The van der Waals surface area contributed by atoms with Gasteiger partial charge in [0.15, 0.2) is 11.5 Å². The van der Waals surface area contributed by atoms with E-state index in [4.69, 9.17) is 14.6 Å². The second kappa shape index (κ2) is 5.35. The number of carboxylic acids is 1. The highest BCUT2D eigenvalue weighted by atomic mass is 19.4. The largest absolute Gasteiger partial charge is 0.486 e. The van der Waals surface area contributed by atoms with Crippen molar-refractivity contribution >= 4 is 5.97 Å². The molecule has 0 spiro atoms. The number of hydrogen-bond donors (Lipinski definition) is 2. The molecule has 5 nitrogen and oxygen atoms in total. The molecule has 0 bridgehead atoms. The molecule has 2 N–H and O–H groups in total. The lowest BCUT2D eigenvalue weighted by molar-refractivity contribution is -0.141. The first-order valence-electron chi connectivity index (χ1n) is 6.84. The standard InChI is InChI=1S/C14H14F3NO4/c15-14(16,17)8-1-2-10-12(22-4-3-21-10)11(8)9-5-7(6-18-9)13(19)20/h1-2,7,9,18H,3-6H2,(H,19,20). The molecule has 0 radical (unpaired) electrons. The number of alkyl halides is 3. The summed E-state index contributed by atoms with van der Waals surface area (Å²) in [6.45, 7) is 0.561. The molecular weight excluding hydrogens is 303 g/mol. The van der Waals surface area contributed by atoms with E-state index in [0.717, 1.165) is 6.07 Å². The van der Waals surface area contributed by atoms with Crippen molar-refractivity contribution in [2.75, 3.05) is 19.8 Å². The minimum Gasteiger partial charge on any atom is -0.486 e. The third-order valence-electron chi connectivity index (χ3n) is 3.88. The molecule has 0 aliphatic carbocycles. The molecule has 2 unspecified atom stereocenters. The topological polar surface area (TPSA) is 67.8 Å². The van der Waals surface area contributed by atoms with Crippen molar-refractivity contribution in [2.24, 2.45) is 5.92 Å².